The molecule has 0 aliphatic carbocycles. The summed E-state index contributed by atoms with van der Waals surface area (Å²) >= 11 is 15.8. The molecule has 2 unspecified atom stereocenters. The predicted molar refractivity (Wildman–Crippen MR) is 161 cm³/mol. The maximum atomic E-state index is 7.91. The van der Waals surface area contributed by atoms with Gasteiger partial charge in [0.05, 0.1) is 8.07 Å². The van der Waals surface area contributed by atoms with Gasteiger partial charge in [-0.25, -0.2) is 0 Å². The average Bonchev–Trinajstić information content (AvgIpc) is 3.03. The van der Waals surface area contributed by atoms with Crippen LogP contribution < -0.4 is 0 Å². The van der Waals surface area contributed by atoms with E-state index in [9.17, 15) is 0 Å². The van der Waals surface area contributed by atoms with Gasteiger partial charge in [0.2, 0.25) is 13.7 Å². The molecule has 2 aliphatic heterocycles. The van der Waals surface area contributed by atoms with Gasteiger partial charge in [0.1, 0.15) is 16.5 Å². The summed E-state index contributed by atoms with van der Waals surface area (Å²) in [5.41, 5.74) is 0.194. The summed E-state index contributed by atoms with van der Waals surface area (Å²) in [5, 5.41) is 1.65. The van der Waals surface area contributed by atoms with Gasteiger partial charge in [-0.2, -0.15) is 0 Å². The highest BCUT2D eigenvalue weighted by Crippen LogP contribution is 2.60. The van der Waals surface area contributed by atoms with Crippen molar-refractivity contribution in [2.24, 2.45) is 0 Å². The Bertz CT molecular complexity index is 765. The summed E-state index contributed by atoms with van der Waals surface area (Å²) < 4.78 is 5.39. The van der Waals surface area contributed by atoms with Crippen LogP contribution >= 0.6 is 22.2 Å². The molecule has 0 N–H and O–H groups in total. The molecule has 0 bridgehead atoms. The van der Waals surface area contributed by atoms with Gasteiger partial charge in [0.15, 0.2) is 0 Å². The zero-order chi connectivity index (χ0) is 24.6. The average molecular weight is 548 g/mol. The molecule has 0 radical (unpaired) electrons. The van der Waals surface area contributed by atoms with E-state index >= 15 is 0 Å². The van der Waals surface area contributed by atoms with Crippen LogP contribution in [0.2, 0.25) is 96.8 Å². The minimum atomic E-state index is -2.84. The minimum absolute atomic E-state index is 0.0862. The first-order valence-corrected chi connectivity index (χ1v) is 29.9. The Morgan fingerprint density at radius 3 is 1.65 bits per heavy atom. The summed E-state index contributed by atoms with van der Waals surface area (Å²) in [7, 11) is -6.41. The topological polar surface area (TPSA) is 6.48 Å². The molecule has 0 saturated carbocycles. The lowest BCUT2D eigenvalue weighted by molar-refractivity contribution is 0.660. The number of allylic oxidation sites excluding steroid dienone is 1. The van der Waals surface area contributed by atoms with E-state index in [2.05, 4.69) is 120 Å². The molecule has 2 atom stereocenters. The Morgan fingerprint density at radius 2 is 1.32 bits per heavy atom. The highest BCUT2D eigenvalue weighted by atomic mass is 35.7. The fourth-order valence-corrected chi connectivity index (χ4v) is 31.7. The first-order chi connectivity index (χ1) is 13.5. The van der Waals surface area contributed by atoms with E-state index in [4.69, 9.17) is 22.2 Å². The fourth-order valence-electron chi connectivity index (χ4n) is 6.44. The predicted octanol–water partition coefficient (Wildman–Crippen LogP) is 7.37. The summed E-state index contributed by atoms with van der Waals surface area (Å²) in [6.07, 6.45) is 7.48. The standard InChI is InChI=1S/C20H46B2Cl2N2Si5/c1-21-18(27(3,4)5)17-19(26(21)30(12,13)14)31(23,24)20(28(6,7)8)15-16-25(22(20)2)29(9,10)11/h15-17,19H,1-14H3. The zero-order valence-electron chi connectivity index (χ0n) is 22.6. The van der Waals surface area contributed by atoms with Gasteiger partial charge >= 0.3 is 0 Å². The first-order valence-electron chi connectivity index (χ1n) is 11.9. The van der Waals surface area contributed by atoms with E-state index < -0.39 is 39.3 Å². The molecule has 0 fully saturated rings. The zero-order valence-corrected chi connectivity index (χ0v) is 29.1. The molecular formula is C20H46B2Cl2N2Si5. The van der Waals surface area contributed by atoms with E-state index in [1.54, 1.807) is 5.10 Å². The quantitative estimate of drug-likeness (QED) is 0.253. The van der Waals surface area contributed by atoms with Crippen molar-refractivity contribution in [2.45, 2.75) is 102 Å². The van der Waals surface area contributed by atoms with Gasteiger partial charge in [-0.1, -0.05) is 109 Å². The van der Waals surface area contributed by atoms with Crippen LogP contribution in [0.3, 0.4) is 0 Å². The van der Waals surface area contributed by atoms with Gasteiger partial charge in [-0.15, -0.1) is 22.2 Å². The Balaban J connectivity index is 2.75. The van der Waals surface area contributed by atoms with Crippen LogP contribution in [0.25, 0.3) is 0 Å². The second-order valence-corrected chi connectivity index (χ2v) is 41.3. The van der Waals surface area contributed by atoms with E-state index in [1.165, 1.54) is 0 Å². The SMILES string of the molecule is CB1C([Si](C)(C)C)=CC([Si](Cl)(Cl)C2([Si](C)(C)C)C=CN([Si](C)(C)C)B2C)N1[Si](C)(C)C. The van der Waals surface area contributed by atoms with Gasteiger partial charge in [-0.05, 0) is 6.20 Å². The van der Waals surface area contributed by atoms with Crippen molar-refractivity contribution < 1.29 is 0 Å². The molecule has 0 aromatic heterocycles. The summed E-state index contributed by atoms with van der Waals surface area (Å²) in [5.74, 6) is 0. The molecule has 2 heterocycles. The van der Waals surface area contributed by atoms with E-state index in [0.717, 1.165) is 0 Å². The molecule has 0 aromatic rings. The molecule has 0 amide bonds. The maximum absolute atomic E-state index is 7.91. The third kappa shape index (κ3) is 4.65. The summed E-state index contributed by atoms with van der Waals surface area (Å²) in [6.45, 7) is 32.5. The van der Waals surface area contributed by atoms with Crippen molar-refractivity contribution in [2.75, 3.05) is 0 Å². The lowest BCUT2D eigenvalue weighted by Crippen LogP contribution is -2.71. The lowest BCUT2D eigenvalue weighted by Gasteiger charge is -2.55. The van der Waals surface area contributed by atoms with Crippen LogP contribution in [-0.2, 0) is 0 Å². The Kier molecular flexibility index (Phi) is 7.58. The Labute approximate surface area is 209 Å². The summed E-state index contributed by atoms with van der Waals surface area (Å²) in [4.78, 5) is 0. The van der Waals surface area contributed by atoms with E-state index in [-0.39, 0.29) is 10.2 Å². The molecule has 176 valence electrons. The number of hydrogen-bond donors (Lipinski definition) is 0. The van der Waals surface area contributed by atoms with Crippen molar-refractivity contribution in [3.8, 4) is 0 Å². The maximum Gasteiger partial charge on any atom is 0.271 e. The van der Waals surface area contributed by atoms with Gasteiger partial charge < -0.3 is 8.95 Å². The Hall–Kier alpha value is 1.03. The van der Waals surface area contributed by atoms with Crippen LogP contribution in [0.5, 0.6) is 0 Å². The van der Waals surface area contributed by atoms with Crippen LogP contribution in [0.4, 0.5) is 0 Å². The third-order valence-corrected chi connectivity index (χ3v) is 28.1. The van der Waals surface area contributed by atoms with Crippen molar-refractivity contribution in [3.63, 3.8) is 0 Å². The molecular weight excluding hydrogens is 501 g/mol. The fraction of sp³-hybridized carbons (Fsp3) is 0.800. The van der Waals surface area contributed by atoms with Crippen molar-refractivity contribution in [1.29, 1.82) is 0 Å². The van der Waals surface area contributed by atoms with Gasteiger partial charge in [0.25, 0.3) is 6.69 Å². The first kappa shape index (κ1) is 28.3. The lowest BCUT2D eigenvalue weighted by atomic mass is 9.62. The Morgan fingerprint density at radius 1 is 0.839 bits per heavy atom. The normalized spacial score (nSPS) is 26.9. The van der Waals surface area contributed by atoms with Crippen molar-refractivity contribution in [1.82, 2.24) is 8.95 Å². The molecule has 0 aromatic carbocycles. The number of hydrogen-bond acceptors (Lipinski definition) is 2. The van der Waals surface area contributed by atoms with Crippen LogP contribution in [0, 0.1) is 0 Å². The number of rotatable bonds is 6. The number of halogens is 2. The van der Waals surface area contributed by atoms with Crippen molar-refractivity contribution in [3.05, 3.63) is 23.4 Å². The third-order valence-electron chi connectivity index (χ3n) is 7.66. The molecule has 0 saturated heterocycles. The summed E-state index contributed by atoms with van der Waals surface area (Å²) in [6, 6.07) is 0. The highest BCUT2D eigenvalue weighted by molar-refractivity contribution is 7.53. The van der Waals surface area contributed by atoms with Gasteiger partial charge in [0, 0.05) is 18.3 Å². The minimum Gasteiger partial charge on any atom is -0.449 e. The van der Waals surface area contributed by atoms with Crippen LogP contribution in [-0.4, -0.2) is 67.6 Å². The monoisotopic (exact) mass is 546 g/mol. The van der Waals surface area contributed by atoms with E-state index in [0.29, 0.717) is 13.7 Å². The number of nitrogens with zero attached hydrogens (tertiary/aromatic N) is 2. The molecule has 31 heavy (non-hydrogen) atoms. The highest BCUT2D eigenvalue weighted by Gasteiger charge is 2.70. The smallest absolute Gasteiger partial charge is 0.271 e. The second-order valence-electron chi connectivity index (χ2n) is 13.9. The molecule has 11 heteroatoms. The van der Waals surface area contributed by atoms with Crippen molar-refractivity contribution >= 4 is 75.2 Å². The molecule has 2 aliphatic rings. The van der Waals surface area contributed by atoms with E-state index in [1.807, 2.05) is 0 Å². The largest absolute Gasteiger partial charge is 0.449 e. The second kappa shape index (κ2) is 8.31. The molecule has 2 rings (SSSR count). The molecule has 2 nitrogen and oxygen atoms in total. The van der Waals surface area contributed by atoms with Gasteiger partial charge in [-0.3, -0.25) is 0 Å². The van der Waals surface area contributed by atoms with Crippen LogP contribution in [0.1, 0.15) is 0 Å². The molecule has 0 spiro atoms. The van der Waals surface area contributed by atoms with Crippen LogP contribution in [0.15, 0.2) is 23.4 Å².